The minimum Gasteiger partial charge on any atom is -0.438 e. The van der Waals surface area contributed by atoms with Crippen LogP contribution in [0.2, 0.25) is 0 Å². The maximum absolute atomic E-state index is 13.1. The van der Waals surface area contributed by atoms with Crippen molar-refractivity contribution in [3.8, 4) is 23.4 Å². The summed E-state index contributed by atoms with van der Waals surface area (Å²) in [4.78, 5) is 8.64. The van der Waals surface area contributed by atoms with Gasteiger partial charge in [-0.05, 0) is 60.7 Å². The predicted molar refractivity (Wildman–Crippen MR) is 92.5 cm³/mol. The molecule has 0 atom stereocenters. The number of hydrogen-bond acceptors (Lipinski definition) is 4. The molecule has 0 unspecified atom stereocenters. The van der Waals surface area contributed by atoms with Crippen molar-refractivity contribution in [2.45, 2.75) is 0 Å². The normalized spacial score (nSPS) is 10.7. The zero-order valence-corrected chi connectivity index (χ0v) is 13.4. The molecule has 0 saturated heterocycles. The maximum atomic E-state index is 13.1. The molecule has 4 aromatic rings. The molecule has 1 heterocycles. The topological polar surface area (TPSA) is 44.2 Å². The standard InChI is InChI=1S/C20H12F2N2O2/c21-13-5-9-15(10-6-13)25-19-17-3-1-2-4-18(17)23-20(24-19)26-16-11-7-14(22)8-12-16/h1-12H. The lowest BCUT2D eigenvalue weighted by molar-refractivity contribution is 0.416. The fourth-order valence-corrected chi connectivity index (χ4v) is 2.37. The van der Waals surface area contributed by atoms with Gasteiger partial charge in [-0.3, -0.25) is 0 Å². The Bertz CT molecular complexity index is 1050. The van der Waals surface area contributed by atoms with Crippen molar-refractivity contribution >= 4 is 10.9 Å². The fraction of sp³-hybridized carbons (Fsp3) is 0. The second kappa shape index (κ2) is 6.76. The lowest BCUT2D eigenvalue weighted by Gasteiger charge is -2.10. The van der Waals surface area contributed by atoms with Gasteiger partial charge in [0.15, 0.2) is 0 Å². The van der Waals surface area contributed by atoms with Crippen LogP contribution in [0.15, 0.2) is 72.8 Å². The van der Waals surface area contributed by atoms with E-state index in [0.717, 1.165) is 0 Å². The quantitative estimate of drug-likeness (QED) is 0.488. The van der Waals surface area contributed by atoms with Gasteiger partial charge in [0, 0.05) is 0 Å². The van der Waals surface area contributed by atoms with Crippen molar-refractivity contribution in [3.05, 3.63) is 84.4 Å². The Hall–Kier alpha value is -3.54. The monoisotopic (exact) mass is 350 g/mol. The van der Waals surface area contributed by atoms with Gasteiger partial charge in [0.05, 0.1) is 10.9 Å². The van der Waals surface area contributed by atoms with Gasteiger partial charge in [-0.25, -0.2) is 8.78 Å². The lowest BCUT2D eigenvalue weighted by Crippen LogP contribution is -1.97. The van der Waals surface area contributed by atoms with Gasteiger partial charge in [0.2, 0.25) is 5.88 Å². The van der Waals surface area contributed by atoms with Crippen LogP contribution in [0, 0.1) is 11.6 Å². The Labute approximate surface area is 147 Å². The van der Waals surface area contributed by atoms with E-state index in [2.05, 4.69) is 9.97 Å². The summed E-state index contributed by atoms with van der Waals surface area (Å²) >= 11 is 0. The molecule has 26 heavy (non-hydrogen) atoms. The van der Waals surface area contributed by atoms with Crippen LogP contribution in [0.3, 0.4) is 0 Å². The maximum Gasteiger partial charge on any atom is 0.325 e. The predicted octanol–water partition coefficient (Wildman–Crippen LogP) is 5.49. The molecule has 4 nitrogen and oxygen atoms in total. The van der Waals surface area contributed by atoms with Gasteiger partial charge >= 0.3 is 6.01 Å². The van der Waals surface area contributed by atoms with E-state index < -0.39 is 0 Å². The Morgan fingerprint density at radius 3 is 1.85 bits per heavy atom. The zero-order valence-electron chi connectivity index (χ0n) is 13.4. The highest BCUT2D eigenvalue weighted by molar-refractivity contribution is 5.84. The van der Waals surface area contributed by atoms with Crippen molar-refractivity contribution in [2.24, 2.45) is 0 Å². The molecule has 1 aromatic heterocycles. The van der Waals surface area contributed by atoms with E-state index in [1.54, 1.807) is 6.07 Å². The fourth-order valence-electron chi connectivity index (χ4n) is 2.37. The number of ether oxygens (including phenoxy) is 2. The van der Waals surface area contributed by atoms with Crippen molar-refractivity contribution in [2.75, 3.05) is 0 Å². The Morgan fingerprint density at radius 1 is 0.615 bits per heavy atom. The Morgan fingerprint density at radius 2 is 1.19 bits per heavy atom. The summed E-state index contributed by atoms with van der Waals surface area (Å²) in [5, 5.41) is 0.684. The third-order valence-electron chi connectivity index (χ3n) is 3.60. The number of benzene rings is 3. The van der Waals surface area contributed by atoms with Gasteiger partial charge in [-0.2, -0.15) is 9.97 Å². The first-order valence-electron chi connectivity index (χ1n) is 7.81. The summed E-state index contributed by atoms with van der Waals surface area (Å²) in [6, 6.07) is 18.5. The molecule has 3 aromatic carbocycles. The molecular weight excluding hydrogens is 338 g/mol. The number of para-hydroxylation sites is 1. The molecule has 0 spiro atoms. The minimum atomic E-state index is -0.364. The largest absolute Gasteiger partial charge is 0.438 e. The molecule has 0 aliphatic carbocycles. The molecule has 0 bridgehead atoms. The molecule has 0 aliphatic rings. The lowest BCUT2D eigenvalue weighted by atomic mass is 10.2. The summed E-state index contributed by atoms with van der Waals surface area (Å²) in [6.45, 7) is 0. The highest BCUT2D eigenvalue weighted by atomic mass is 19.1. The highest BCUT2D eigenvalue weighted by Crippen LogP contribution is 2.30. The third-order valence-corrected chi connectivity index (χ3v) is 3.60. The molecule has 4 rings (SSSR count). The van der Waals surface area contributed by atoms with Crippen molar-refractivity contribution < 1.29 is 18.3 Å². The third kappa shape index (κ3) is 3.44. The summed E-state index contributed by atoms with van der Waals surface area (Å²) in [5.41, 5.74) is 0.622. The SMILES string of the molecule is Fc1ccc(Oc2nc(Oc3ccc(F)cc3)c3ccccc3n2)cc1. The highest BCUT2D eigenvalue weighted by Gasteiger charge is 2.11. The number of hydrogen-bond donors (Lipinski definition) is 0. The molecule has 0 N–H and O–H groups in total. The second-order valence-electron chi connectivity index (χ2n) is 5.44. The van der Waals surface area contributed by atoms with Gasteiger partial charge < -0.3 is 9.47 Å². The van der Waals surface area contributed by atoms with Crippen LogP contribution >= 0.6 is 0 Å². The Kier molecular flexibility index (Phi) is 4.15. The average molecular weight is 350 g/mol. The van der Waals surface area contributed by atoms with E-state index in [0.29, 0.717) is 22.4 Å². The summed E-state index contributed by atoms with van der Waals surface area (Å²) in [7, 11) is 0. The van der Waals surface area contributed by atoms with Gasteiger partial charge in [0.1, 0.15) is 23.1 Å². The van der Waals surface area contributed by atoms with Gasteiger partial charge in [0.25, 0.3) is 0 Å². The Balaban J connectivity index is 1.72. The molecule has 0 aliphatic heterocycles. The number of halogens is 2. The molecule has 0 amide bonds. The van der Waals surface area contributed by atoms with Crippen LogP contribution in [0.4, 0.5) is 8.78 Å². The first-order chi connectivity index (χ1) is 12.7. The van der Waals surface area contributed by atoms with E-state index in [4.69, 9.17) is 9.47 Å². The van der Waals surface area contributed by atoms with E-state index in [1.807, 2.05) is 18.2 Å². The number of nitrogens with zero attached hydrogens (tertiary/aromatic N) is 2. The number of rotatable bonds is 4. The summed E-state index contributed by atoms with van der Waals surface area (Å²) in [5.74, 6) is 0.388. The van der Waals surface area contributed by atoms with Gasteiger partial charge in [-0.15, -0.1) is 0 Å². The average Bonchev–Trinajstić information content (AvgIpc) is 2.65. The molecular formula is C20H12F2N2O2. The zero-order chi connectivity index (χ0) is 17.9. The van der Waals surface area contributed by atoms with Crippen molar-refractivity contribution in [1.82, 2.24) is 9.97 Å². The molecule has 0 fully saturated rings. The second-order valence-corrected chi connectivity index (χ2v) is 5.44. The van der Waals surface area contributed by atoms with Crippen LogP contribution in [-0.2, 0) is 0 Å². The first kappa shape index (κ1) is 16.0. The van der Waals surface area contributed by atoms with E-state index in [-0.39, 0.29) is 23.5 Å². The first-order valence-corrected chi connectivity index (χ1v) is 7.81. The molecule has 128 valence electrons. The van der Waals surface area contributed by atoms with E-state index >= 15 is 0 Å². The van der Waals surface area contributed by atoms with Crippen LogP contribution in [0.5, 0.6) is 23.4 Å². The van der Waals surface area contributed by atoms with E-state index in [1.165, 1.54) is 48.5 Å². The van der Waals surface area contributed by atoms with Crippen molar-refractivity contribution in [1.29, 1.82) is 0 Å². The number of aromatic nitrogens is 2. The minimum absolute atomic E-state index is 0.0624. The summed E-state index contributed by atoms with van der Waals surface area (Å²) in [6.07, 6.45) is 0. The van der Waals surface area contributed by atoms with Crippen molar-refractivity contribution in [3.63, 3.8) is 0 Å². The van der Waals surface area contributed by atoms with Crippen LogP contribution in [0.1, 0.15) is 0 Å². The number of fused-ring (bicyclic) bond motifs is 1. The van der Waals surface area contributed by atoms with E-state index in [9.17, 15) is 8.78 Å². The van der Waals surface area contributed by atoms with Gasteiger partial charge in [-0.1, -0.05) is 12.1 Å². The van der Waals surface area contributed by atoms with Crippen LogP contribution in [-0.4, -0.2) is 9.97 Å². The smallest absolute Gasteiger partial charge is 0.325 e. The summed E-state index contributed by atoms with van der Waals surface area (Å²) < 4.78 is 37.5. The molecule has 0 saturated carbocycles. The molecule has 6 heteroatoms. The van der Waals surface area contributed by atoms with Crippen LogP contribution < -0.4 is 9.47 Å². The van der Waals surface area contributed by atoms with Crippen LogP contribution in [0.25, 0.3) is 10.9 Å². The molecule has 0 radical (unpaired) electrons.